The number of esters is 2. The van der Waals surface area contributed by atoms with Crippen LogP contribution in [0.15, 0.2) is 71.9 Å². The van der Waals surface area contributed by atoms with Crippen molar-refractivity contribution in [1.82, 2.24) is 0 Å². The van der Waals surface area contributed by atoms with Gasteiger partial charge in [-0.1, -0.05) is 115 Å². The Hall–Kier alpha value is -3.26. The Morgan fingerprint density at radius 2 is 0.806 bits per heavy atom. The topological polar surface area (TPSA) is 288 Å². The first-order valence-corrected chi connectivity index (χ1v) is 37.1. The van der Waals surface area contributed by atoms with Crippen LogP contribution in [0.3, 0.4) is 0 Å². The number of allylic oxidation sites excluding steroid dienone is 4. The first-order valence-electron chi connectivity index (χ1n) is 37.1. The van der Waals surface area contributed by atoms with Crippen LogP contribution in [0.4, 0.5) is 0 Å². The molecule has 0 aliphatic carbocycles. The van der Waals surface area contributed by atoms with E-state index in [1.807, 2.05) is 106 Å². The van der Waals surface area contributed by atoms with E-state index in [1.165, 1.54) is 12.2 Å². The second-order valence-electron chi connectivity index (χ2n) is 30.3. The second kappa shape index (κ2) is 43.1. The molecule has 0 spiro atoms. The highest BCUT2D eigenvalue weighted by molar-refractivity contribution is 5.83. The predicted molar refractivity (Wildman–Crippen MR) is 377 cm³/mol. The summed E-state index contributed by atoms with van der Waals surface area (Å²) in [5, 5.41) is 94.4. The average molecular weight is 1390 g/mol. The molecule has 0 unspecified atom stereocenters. The fourth-order valence-electron chi connectivity index (χ4n) is 15.3. The molecular weight excluding hydrogens is 1260 g/mol. The number of hydrogen-bond donors (Lipinski definition) is 8. The number of aliphatic hydroxyl groups is 8. The Morgan fingerprint density at radius 3 is 1.15 bits per heavy atom. The van der Waals surface area contributed by atoms with E-state index in [-0.39, 0.29) is 99.2 Å². The van der Waals surface area contributed by atoms with Gasteiger partial charge in [0.15, 0.2) is 0 Å². The number of fused-ring (bicyclic) bond motifs is 4. The van der Waals surface area contributed by atoms with Crippen molar-refractivity contribution in [2.75, 3.05) is 28.4 Å². The molecule has 0 amide bonds. The Balaban J connectivity index is 1.36. The monoisotopic (exact) mass is 1390 g/mol. The maximum absolute atomic E-state index is 13.9. The molecule has 5 rings (SSSR count). The zero-order valence-corrected chi connectivity index (χ0v) is 62.3. The van der Waals surface area contributed by atoms with Gasteiger partial charge in [-0.05, 0) is 129 Å². The lowest BCUT2D eigenvalue weighted by Gasteiger charge is -2.38. The molecular formula is C78H132O20. The van der Waals surface area contributed by atoms with Gasteiger partial charge < -0.3 is 88.2 Å². The van der Waals surface area contributed by atoms with Crippen molar-refractivity contribution in [2.24, 2.45) is 47.3 Å². The number of ether oxygens (including phenoxy) is 10. The number of methoxy groups -OCH3 is 4. The van der Waals surface area contributed by atoms with E-state index in [9.17, 15) is 50.4 Å². The highest BCUT2D eigenvalue weighted by atomic mass is 16.6. The minimum absolute atomic E-state index is 0.0293. The van der Waals surface area contributed by atoms with Crippen molar-refractivity contribution in [3.63, 3.8) is 0 Å². The van der Waals surface area contributed by atoms with Crippen molar-refractivity contribution >= 4 is 11.9 Å². The van der Waals surface area contributed by atoms with Crippen LogP contribution in [0.2, 0.25) is 0 Å². The summed E-state index contributed by atoms with van der Waals surface area (Å²) in [4.78, 5) is 27.8. The van der Waals surface area contributed by atoms with Gasteiger partial charge in [0.1, 0.15) is 12.2 Å². The first-order chi connectivity index (χ1) is 46.4. The zero-order valence-electron chi connectivity index (χ0n) is 62.3. The summed E-state index contributed by atoms with van der Waals surface area (Å²) in [7, 11) is 6.58. The van der Waals surface area contributed by atoms with Gasteiger partial charge >= 0.3 is 11.9 Å². The molecule has 4 bridgehead atoms. The van der Waals surface area contributed by atoms with E-state index in [0.29, 0.717) is 62.5 Å². The molecule has 98 heavy (non-hydrogen) atoms. The lowest BCUT2D eigenvalue weighted by molar-refractivity contribution is -0.158. The first kappa shape index (κ1) is 85.4. The average Bonchev–Trinajstić information content (AvgIpc) is 0.853. The molecule has 2 saturated heterocycles. The summed E-state index contributed by atoms with van der Waals surface area (Å²) in [6, 6.07) is 0. The predicted octanol–water partition coefficient (Wildman–Crippen LogP) is 10.1. The smallest absolute Gasteiger partial charge is 0.331 e. The number of hydrogen-bond acceptors (Lipinski definition) is 20. The third-order valence-electron chi connectivity index (χ3n) is 22.3. The van der Waals surface area contributed by atoms with Crippen LogP contribution in [0, 0.1) is 47.3 Å². The van der Waals surface area contributed by atoms with Crippen molar-refractivity contribution in [3.05, 3.63) is 71.9 Å². The molecule has 5 aliphatic rings. The molecule has 0 aromatic heterocycles. The molecule has 0 saturated carbocycles. The minimum Gasteiger partial charge on any atom is -0.458 e. The van der Waals surface area contributed by atoms with Crippen LogP contribution in [-0.4, -0.2) is 216 Å². The number of aliphatic hydroxyl groups excluding tert-OH is 8. The highest BCUT2D eigenvalue weighted by Crippen LogP contribution is 2.37. The molecule has 5 heterocycles. The number of carbonyl (C=O) groups is 2. The molecule has 30 atom stereocenters. The lowest BCUT2D eigenvalue weighted by Crippen LogP contribution is -2.45. The summed E-state index contributed by atoms with van der Waals surface area (Å²) in [6.07, 6.45) is 14.1. The van der Waals surface area contributed by atoms with Crippen molar-refractivity contribution in [2.45, 2.75) is 333 Å². The van der Waals surface area contributed by atoms with E-state index in [2.05, 4.69) is 0 Å². The second-order valence-corrected chi connectivity index (χ2v) is 30.3. The van der Waals surface area contributed by atoms with Gasteiger partial charge in [0.25, 0.3) is 0 Å². The summed E-state index contributed by atoms with van der Waals surface area (Å²) >= 11 is 0. The maximum Gasteiger partial charge on any atom is 0.331 e. The van der Waals surface area contributed by atoms with Gasteiger partial charge in [-0.15, -0.1) is 0 Å². The van der Waals surface area contributed by atoms with Crippen LogP contribution in [0.1, 0.15) is 199 Å². The van der Waals surface area contributed by atoms with E-state index in [4.69, 9.17) is 47.4 Å². The molecule has 20 nitrogen and oxygen atoms in total. The normalized spacial score (nSPS) is 41.1. The minimum atomic E-state index is -1.16. The third-order valence-corrected chi connectivity index (χ3v) is 22.3. The molecule has 0 radical (unpaired) electrons. The third kappa shape index (κ3) is 28.1. The molecule has 0 aromatic rings. The molecule has 564 valence electrons. The van der Waals surface area contributed by atoms with Crippen LogP contribution in [0.5, 0.6) is 0 Å². The van der Waals surface area contributed by atoms with Gasteiger partial charge in [0.05, 0.1) is 122 Å². The number of cyclic esters (lactones) is 2. The van der Waals surface area contributed by atoms with E-state index >= 15 is 0 Å². The van der Waals surface area contributed by atoms with Gasteiger partial charge in [-0.25, -0.2) is 9.59 Å². The Labute approximate surface area is 587 Å². The highest BCUT2D eigenvalue weighted by Gasteiger charge is 2.42. The van der Waals surface area contributed by atoms with Gasteiger partial charge in [-0.2, -0.15) is 0 Å². The lowest BCUT2D eigenvalue weighted by atomic mass is 9.78. The van der Waals surface area contributed by atoms with Crippen LogP contribution in [0.25, 0.3) is 0 Å². The van der Waals surface area contributed by atoms with E-state index < -0.39 is 133 Å². The van der Waals surface area contributed by atoms with Gasteiger partial charge in [0.2, 0.25) is 0 Å². The number of carbonyl (C=O) groups excluding carboxylic acids is 2. The Bertz CT molecular complexity index is 2320. The fourth-order valence-corrected chi connectivity index (χ4v) is 15.3. The standard InChI is InChI=1S/C78H132O20/c1-45-23-29-57(79)37-59-19-17-21-61(95-59)41-71(91-15)52(8)68(82)44-70(84)54(10)78(56(12)76(88)48(4)28-32-64-40-66(90-14)36-50(6)94-64)98-74(86)34-26-46(2)24-30-58(80)38-60-20-18-22-62(96-60)42-72(92-16)51(7)67(81)43-69(83)53(9)77(97-73(85)33-25-45)55(11)75(87)47(3)27-31-63-39-65(89-13)35-49(5)93-63/h17-20,23-26,33-34,47-72,75-84,87-88H,21-22,27-32,35-44H2,1-16H3/b33-25-,34-26+,45-23+,46-24+/t47-,48+,49-,50-,51-,52-,53-,54-,55-,56-,57+,58-,59-,60-,61-,62-,63-,64-,65+,66+,67-,68+,69+,70-,71-,72+,75-,76-,77-,78-/m0/s1. The van der Waals surface area contributed by atoms with Crippen molar-refractivity contribution < 1.29 is 97.8 Å². The van der Waals surface area contributed by atoms with Gasteiger partial charge in [-0.3, -0.25) is 0 Å². The van der Waals surface area contributed by atoms with Crippen LogP contribution >= 0.6 is 0 Å². The quantitative estimate of drug-likeness (QED) is 0.0527. The Kier molecular flexibility index (Phi) is 37.6. The van der Waals surface area contributed by atoms with E-state index in [0.717, 1.165) is 25.7 Å². The van der Waals surface area contributed by atoms with Crippen molar-refractivity contribution in [1.29, 1.82) is 0 Å². The summed E-state index contributed by atoms with van der Waals surface area (Å²) in [5.41, 5.74) is 1.39. The zero-order chi connectivity index (χ0) is 72.5. The largest absolute Gasteiger partial charge is 0.458 e. The summed E-state index contributed by atoms with van der Waals surface area (Å²) in [6.45, 7) is 22.5. The summed E-state index contributed by atoms with van der Waals surface area (Å²) in [5.74, 6) is -5.50. The summed E-state index contributed by atoms with van der Waals surface area (Å²) < 4.78 is 61.3. The number of rotatable bonds is 16. The molecule has 2 fully saturated rings. The molecule has 5 aliphatic heterocycles. The molecule has 0 aromatic carbocycles. The Morgan fingerprint density at radius 1 is 0.449 bits per heavy atom. The van der Waals surface area contributed by atoms with E-state index in [1.54, 1.807) is 54.4 Å². The van der Waals surface area contributed by atoms with Crippen LogP contribution < -0.4 is 0 Å². The molecule has 20 heteroatoms. The van der Waals surface area contributed by atoms with Crippen LogP contribution in [-0.2, 0) is 57.0 Å². The SMILES string of the molecule is CO[C@H]1C[C@H](CC[C@@H](C)[C@H](O)[C@H](C)[C@H]2OC(=O)/C=C/C(C)=C/C[C@H](O)C[C@@H]3C=CC[C@@H](C[C@@H](OC)[C@@H](C)[C@@H](O)C[C@@H](O)[C@H](C)[C@@H]([C@@H](C)[C@@H](O)[C@@H](C)CC[C@H]4C[C@H](OC)C[C@H](C)O4)OC(=O)/C=C\C(C)=C\C[C@@H](O)C[C@@H]4C=CC[C@@H](C[C@H](OC)[C@@H](C)[C@H](O)C[C@H](O)[C@@H]2C)O4)O3)O[C@@H](C)C1. The maximum atomic E-state index is 13.9. The van der Waals surface area contributed by atoms with Crippen molar-refractivity contribution in [3.8, 4) is 0 Å². The van der Waals surface area contributed by atoms with Gasteiger partial charge in [0, 0.05) is 102 Å². The molecule has 8 N–H and O–H groups in total. The fraction of sp³-hybridized carbons (Fsp3) is 0.821.